The molecule has 0 aromatic heterocycles. The number of benzene rings is 2. The molecule has 0 bridgehead atoms. The second-order valence-corrected chi connectivity index (χ2v) is 5.93. The van der Waals surface area contributed by atoms with Crippen molar-refractivity contribution < 1.29 is 9.53 Å². The van der Waals surface area contributed by atoms with E-state index in [0.717, 1.165) is 9.79 Å². The number of aryl methyl sites for hydroxylation is 2. The van der Waals surface area contributed by atoms with Gasteiger partial charge in [-0.3, -0.25) is 0 Å². The van der Waals surface area contributed by atoms with Crippen molar-refractivity contribution in [2.75, 3.05) is 12.3 Å². The molecule has 0 heterocycles. The molecule has 0 atom stereocenters. The van der Waals surface area contributed by atoms with Crippen LogP contribution >= 0.6 is 11.8 Å². The van der Waals surface area contributed by atoms with Crippen molar-refractivity contribution >= 4 is 23.4 Å². The van der Waals surface area contributed by atoms with Crippen LogP contribution in [-0.2, 0) is 4.74 Å². The molecule has 0 unspecified atom stereocenters. The first-order valence-corrected chi connectivity index (χ1v) is 7.64. The number of anilines is 1. The monoisotopic (exact) mass is 301 g/mol. The number of esters is 1. The second-order valence-electron chi connectivity index (χ2n) is 4.85. The average molecular weight is 301 g/mol. The molecule has 110 valence electrons. The van der Waals surface area contributed by atoms with Crippen molar-refractivity contribution in [2.45, 2.75) is 30.6 Å². The van der Waals surface area contributed by atoms with Gasteiger partial charge in [0.05, 0.1) is 12.2 Å². The quantitative estimate of drug-likeness (QED) is 0.679. The first-order valence-electron chi connectivity index (χ1n) is 6.83. The summed E-state index contributed by atoms with van der Waals surface area (Å²) in [6, 6.07) is 11.6. The van der Waals surface area contributed by atoms with Crippen LogP contribution in [0.25, 0.3) is 0 Å². The highest BCUT2D eigenvalue weighted by atomic mass is 32.2. The van der Waals surface area contributed by atoms with E-state index in [0.29, 0.717) is 17.9 Å². The van der Waals surface area contributed by atoms with E-state index in [2.05, 4.69) is 32.0 Å². The van der Waals surface area contributed by atoms with Crippen LogP contribution in [0.3, 0.4) is 0 Å². The van der Waals surface area contributed by atoms with Gasteiger partial charge >= 0.3 is 5.97 Å². The maximum atomic E-state index is 12.1. The summed E-state index contributed by atoms with van der Waals surface area (Å²) in [4.78, 5) is 14.1. The molecule has 0 aliphatic heterocycles. The lowest BCUT2D eigenvalue weighted by atomic mass is 10.2. The Hall–Kier alpha value is -1.94. The first kappa shape index (κ1) is 15.4. The minimum absolute atomic E-state index is 0.336. The predicted molar refractivity (Wildman–Crippen MR) is 86.8 cm³/mol. The fourth-order valence-corrected chi connectivity index (χ4v) is 3.04. The Labute approximate surface area is 129 Å². The molecule has 0 saturated heterocycles. The third-order valence-corrected chi connectivity index (χ3v) is 4.30. The minimum Gasteiger partial charge on any atom is -0.462 e. The molecule has 0 saturated carbocycles. The molecule has 21 heavy (non-hydrogen) atoms. The number of ether oxygens (including phenoxy) is 1. The summed E-state index contributed by atoms with van der Waals surface area (Å²) in [5.41, 5.74) is 9.24. The molecule has 2 aromatic rings. The van der Waals surface area contributed by atoms with Gasteiger partial charge in [0.25, 0.3) is 0 Å². The van der Waals surface area contributed by atoms with Gasteiger partial charge in [-0.25, -0.2) is 4.79 Å². The van der Waals surface area contributed by atoms with Gasteiger partial charge in [0.2, 0.25) is 0 Å². The van der Waals surface area contributed by atoms with Crippen LogP contribution in [-0.4, -0.2) is 12.6 Å². The van der Waals surface area contributed by atoms with Gasteiger partial charge in [0.1, 0.15) is 0 Å². The Morgan fingerprint density at radius 1 is 1.14 bits per heavy atom. The van der Waals surface area contributed by atoms with Crippen LogP contribution in [0, 0.1) is 13.8 Å². The van der Waals surface area contributed by atoms with E-state index >= 15 is 0 Å². The fourth-order valence-electron chi connectivity index (χ4n) is 1.94. The topological polar surface area (TPSA) is 52.3 Å². The van der Waals surface area contributed by atoms with E-state index in [4.69, 9.17) is 10.5 Å². The zero-order valence-corrected chi connectivity index (χ0v) is 13.3. The Morgan fingerprint density at radius 3 is 2.62 bits per heavy atom. The molecule has 0 aliphatic carbocycles. The molecule has 0 radical (unpaired) electrons. The SMILES string of the molecule is CCOC(=O)c1cc(N)ccc1Sc1cc(C)ccc1C. The number of rotatable bonds is 4. The third kappa shape index (κ3) is 3.79. The Balaban J connectivity index is 2.39. The van der Waals surface area contributed by atoms with E-state index in [-0.39, 0.29) is 5.97 Å². The molecule has 4 heteroatoms. The minimum atomic E-state index is -0.336. The fraction of sp³-hybridized carbons (Fsp3) is 0.235. The number of hydrogen-bond donors (Lipinski definition) is 1. The van der Waals surface area contributed by atoms with Crippen LogP contribution < -0.4 is 5.73 Å². The molecule has 3 nitrogen and oxygen atoms in total. The number of carbonyl (C=O) groups excluding carboxylic acids is 1. The van der Waals surface area contributed by atoms with Crippen molar-refractivity contribution in [3.63, 3.8) is 0 Å². The highest BCUT2D eigenvalue weighted by molar-refractivity contribution is 7.99. The van der Waals surface area contributed by atoms with Gasteiger partial charge in [-0.2, -0.15) is 0 Å². The molecule has 2 aromatic carbocycles. The molecule has 0 fully saturated rings. The summed E-state index contributed by atoms with van der Waals surface area (Å²) in [7, 11) is 0. The van der Waals surface area contributed by atoms with Crippen LogP contribution in [0.2, 0.25) is 0 Å². The van der Waals surface area contributed by atoms with Crippen molar-refractivity contribution in [1.29, 1.82) is 0 Å². The molecule has 2 rings (SSSR count). The zero-order chi connectivity index (χ0) is 15.4. The summed E-state index contributed by atoms with van der Waals surface area (Å²) in [6.07, 6.45) is 0. The predicted octanol–water partition coefficient (Wildman–Crippen LogP) is 4.21. The Morgan fingerprint density at radius 2 is 1.90 bits per heavy atom. The van der Waals surface area contributed by atoms with Crippen molar-refractivity contribution in [2.24, 2.45) is 0 Å². The lowest BCUT2D eigenvalue weighted by Crippen LogP contribution is -2.07. The van der Waals surface area contributed by atoms with Gasteiger partial charge in [-0.15, -0.1) is 0 Å². The van der Waals surface area contributed by atoms with E-state index in [1.54, 1.807) is 30.8 Å². The molecule has 0 aliphatic rings. The molecular formula is C17H19NO2S. The van der Waals surface area contributed by atoms with Crippen LogP contribution in [0.15, 0.2) is 46.2 Å². The van der Waals surface area contributed by atoms with Crippen molar-refractivity contribution in [3.8, 4) is 0 Å². The van der Waals surface area contributed by atoms with E-state index < -0.39 is 0 Å². The van der Waals surface area contributed by atoms with Crippen molar-refractivity contribution in [1.82, 2.24) is 0 Å². The maximum absolute atomic E-state index is 12.1. The highest BCUT2D eigenvalue weighted by Gasteiger charge is 2.15. The van der Waals surface area contributed by atoms with Crippen LogP contribution in [0.5, 0.6) is 0 Å². The smallest absolute Gasteiger partial charge is 0.339 e. The maximum Gasteiger partial charge on any atom is 0.339 e. The average Bonchev–Trinajstić information content (AvgIpc) is 2.45. The van der Waals surface area contributed by atoms with E-state index in [1.807, 2.05) is 6.07 Å². The standard InChI is InChI=1S/C17H19NO2S/c1-4-20-17(19)14-10-13(18)7-8-15(14)21-16-9-11(2)5-6-12(16)3/h5-10H,4,18H2,1-3H3. The number of carbonyl (C=O) groups is 1. The van der Waals surface area contributed by atoms with Crippen LogP contribution in [0.4, 0.5) is 5.69 Å². The van der Waals surface area contributed by atoms with E-state index in [9.17, 15) is 4.79 Å². The first-order chi connectivity index (χ1) is 10.0. The number of nitrogens with two attached hydrogens (primary N) is 1. The van der Waals surface area contributed by atoms with Crippen LogP contribution in [0.1, 0.15) is 28.4 Å². The highest BCUT2D eigenvalue weighted by Crippen LogP contribution is 2.34. The number of nitrogen functional groups attached to an aromatic ring is 1. The largest absolute Gasteiger partial charge is 0.462 e. The zero-order valence-electron chi connectivity index (χ0n) is 12.5. The third-order valence-electron chi connectivity index (χ3n) is 3.06. The normalized spacial score (nSPS) is 10.4. The van der Waals surface area contributed by atoms with Crippen molar-refractivity contribution in [3.05, 3.63) is 53.1 Å². The lowest BCUT2D eigenvalue weighted by Gasteiger charge is -2.11. The van der Waals surface area contributed by atoms with Gasteiger partial charge in [0.15, 0.2) is 0 Å². The molecule has 0 amide bonds. The summed E-state index contributed by atoms with van der Waals surface area (Å²) in [5, 5.41) is 0. The lowest BCUT2D eigenvalue weighted by molar-refractivity contribution is 0.0522. The summed E-state index contributed by atoms with van der Waals surface area (Å²) in [6.45, 7) is 6.25. The molecule has 2 N–H and O–H groups in total. The number of hydrogen-bond acceptors (Lipinski definition) is 4. The molecule has 0 spiro atoms. The second kappa shape index (κ2) is 6.68. The van der Waals surface area contributed by atoms with E-state index in [1.165, 1.54) is 11.1 Å². The summed E-state index contributed by atoms with van der Waals surface area (Å²) in [5.74, 6) is -0.336. The summed E-state index contributed by atoms with van der Waals surface area (Å²) >= 11 is 1.56. The Bertz CT molecular complexity index is 668. The summed E-state index contributed by atoms with van der Waals surface area (Å²) < 4.78 is 5.11. The molecular weight excluding hydrogens is 282 g/mol. The van der Waals surface area contributed by atoms with Gasteiger partial charge in [-0.1, -0.05) is 23.9 Å². The van der Waals surface area contributed by atoms with Gasteiger partial charge in [0, 0.05) is 15.5 Å². The Kier molecular flexibility index (Phi) is 4.91. The van der Waals surface area contributed by atoms with Gasteiger partial charge in [-0.05, 0) is 56.2 Å². The van der Waals surface area contributed by atoms with Gasteiger partial charge < -0.3 is 10.5 Å².